The molecule has 134 valence electrons. The normalized spacial score (nSPS) is 14.1. The number of methoxy groups -OCH3 is 1. The molecule has 0 amide bonds. The Morgan fingerprint density at radius 3 is 2.44 bits per heavy atom. The summed E-state index contributed by atoms with van der Waals surface area (Å²) in [6.07, 6.45) is 0. The minimum Gasteiger partial charge on any atom is -0.495 e. The molecule has 0 heterocycles. The molecule has 0 aromatic heterocycles. The van der Waals surface area contributed by atoms with Crippen LogP contribution in [0.2, 0.25) is 0 Å². The van der Waals surface area contributed by atoms with E-state index in [0.717, 1.165) is 16.8 Å². The maximum atomic E-state index is 12.0. The smallest absolute Gasteiger partial charge is 0.142 e. The van der Waals surface area contributed by atoms with Crippen molar-refractivity contribution in [2.24, 2.45) is 10.1 Å². The Labute approximate surface area is 150 Å². The summed E-state index contributed by atoms with van der Waals surface area (Å²) in [7, 11) is -1.22. The molecule has 1 unspecified atom stereocenters. The second kappa shape index (κ2) is 7.29. The Morgan fingerprint density at radius 1 is 1.20 bits per heavy atom. The molecule has 2 aromatic carbocycles. The molecular weight excluding hydrogens is 334 g/mol. The van der Waals surface area contributed by atoms with Crippen molar-refractivity contribution in [2.75, 3.05) is 12.4 Å². The number of aliphatic imine (C=N–C) groups is 1. The van der Waals surface area contributed by atoms with Gasteiger partial charge in [-0.05, 0) is 68.5 Å². The van der Waals surface area contributed by atoms with Crippen LogP contribution in [0.1, 0.15) is 23.6 Å². The van der Waals surface area contributed by atoms with Crippen molar-refractivity contribution in [3.8, 4) is 5.75 Å². The van der Waals surface area contributed by atoms with E-state index in [9.17, 15) is 4.21 Å². The van der Waals surface area contributed by atoms with Crippen LogP contribution in [0.5, 0.6) is 5.75 Å². The first-order valence-electron chi connectivity index (χ1n) is 7.85. The summed E-state index contributed by atoms with van der Waals surface area (Å²) >= 11 is 0. The van der Waals surface area contributed by atoms with Gasteiger partial charge < -0.3 is 10.1 Å². The number of aryl methyl sites for hydroxylation is 2. The molecule has 0 saturated heterocycles. The van der Waals surface area contributed by atoms with E-state index in [1.807, 2.05) is 13.8 Å². The standard InChI is InChI=1S/C19H25N3O2S/c1-12-7-8-13(2)19(14(12)3)22-15(4)21-17-11-16(25(6,20)23)9-10-18(17)24-5/h7-11H,6H2,1-5H3,(H2,20,23)(H,21,22). The maximum Gasteiger partial charge on any atom is 0.142 e. The number of ether oxygens (including phenoxy) is 1. The number of nitrogens with zero attached hydrogens (tertiary/aromatic N) is 1. The minimum absolute atomic E-state index is 0.450. The van der Waals surface area contributed by atoms with Crippen molar-refractivity contribution < 1.29 is 8.95 Å². The molecule has 0 aliphatic rings. The number of nitrogens with two attached hydrogens (primary N) is 1. The average molecular weight is 359 g/mol. The Morgan fingerprint density at radius 2 is 1.84 bits per heavy atom. The molecule has 0 fully saturated rings. The van der Waals surface area contributed by atoms with Gasteiger partial charge in [-0.2, -0.15) is 0 Å². The number of rotatable bonds is 4. The van der Waals surface area contributed by atoms with E-state index in [1.54, 1.807) is 25.3 Å². The quantitative estimate of drug-likeness (QED) is 0.496. The molecule has 0 radical (unpaired) electrons. The fraction of sp³-hybridized carbons (Fsp3) is 0.263. The number of nitrogens with one attached hydrogen (secondary N) is 1. The highest BCUT2D eigenvalue weighted by molar-refractivity contribution is 7.98. The van der Waals surface area contributed by atoms with Crippen LogP contribution in [-0.4, -0.2) is 23.0 Å². The third-order valence-corrected chi connectivity index (χ3v) is 5.12. The van der Waals surface area contributed by atoms with Gasteiger partial charge in [-0.3, -0.25) is 5.14 Å². The summed E-state index contributed by atoms with van der Waals surface area (Å²) < 4.78 is 17.4. The summed E-state index contributed by atoms with van der Waals surface area (Å²) in [6, 6.07) is 9.20. The highest BCUT2D eigenvalue weighted by Crippen LogP contribution is 2.29. The lowest BCUT2D eigenvalue weighted by Crippen LogP contribution is -2.14. The molecule has 2 aromatic rings. The van der Waals surface area contributed by atoms with Crippen molar-refractivity contribution >= 4 is 32.8 Å². The van der Waals surface area contributed by atoms with Gasteiger partial charge in [0, 0.05) is 4.90 Å². The van der Waals surface area contributed by atoms with Crippen LogP contribution in [0.25, 0.3) is 0 Å². The van der Waals surface area contributed by atoms with Crippen molar-refractivity contribution in [2.45, 2.75) is 32.6 Å². The van der Waals surface area contributed by atoms with Crippen LogP contribution >= 0.6 is 0 Å². The molecule has 6 heteroatoms. The van der Waals surface area contributed by atoms with Crippen LogP contribution in [0.4, 0.5) is 11.4 Å². The van der Waals surface area contributed by atoms with Gasteiger partial charge in [-0.25, -0.2) is 9.20 Å². The maximum absolute atomic E-state index is 12.0. The summed E-state index contributed by atoms with van der Waals surface area (Å²) in [5, 5.41) is 8.86. The fourth-order valence-corrected chi connectivity index (χ4v) is 3.11. The molecule has 0 spiro atoms. The van der Waals surface area contributed by atoms with E-state index in [-0.39, 0.29) is 0 Å². The summed E-state index contributed by atoms with van der Waals surface area (Å²) in [6.45, 7) is 8.03. The van der Waals surface area contributed by atoms with E-state index in [4.69, 9.17) is 14.9 Å². The molecule has 3 N–H and O–H groups in total. The van der Waals surface area contributed by atoms with E-state index >= 15 is 0 Å². The van der Waals surface area contributed by atoms with E-state index in [2.05, 4.69) is 37.2 Å². The molecule has 25 heavy (non-hydrogen) atoms. The molecule has 0 saturated carbocycles. The second-order valence-corrected chi connectivity index (χ2v) is 8.01. The predicted octanol–water partition coefficient (Wildman–Crippen LogP) is 3.73. The van der Waals surface area contributed by atoms with Crippen LogP contribution < -0.4 is 15.2 Å². The van der Waals surface area contributed by atoms with Crippen LogP contribution in [0.3, 0.4) is 0 Å². The summed E-state index contributed by atoms with van der Waals surface area (Å²) in [4.78, 5) is 5.16. The van der Waals surface area contributed by atoms with Crippen LogP contribution in [0, 0.1) is 20.8 Å². The predicted molar refractivity (Wildman–Crippen MR) is 108 cm³/mol. The molecule has 0 bridgehead atoms. The third-order valence-electron chi connectivity index (χ3n) is 4.07. The Balaban J connectivity index is 2.44. The van der Waals surface area contributed by atoms with Crippen molar-refractivity contribution in [1.29, 1.82) is 0 Å². The van der Waals surface area contributed by atoms with Gasteiger partial charge in [-0.1, -0.05) is 12.1 Å². The molecule has 2 rings (SSSR count). The zero-order valence-electron chi connectivity index (χ0n) is 15.3. The lowest BCUT2D eigenvalue weighted by Gasteiger charge is -2.14. The van der Waals surface area contributed by atoms with Gasteiger partial charge in [-0.15, -0.1) is 0 Å². The zero-order valence-corrected chi connectivity index (χ0v) is 16.2. The lowest BCUT2D eigenvalue weighted by atomic mass is 10.0. The first kappa shape index (κ1) is 19.0. The summed E-state index contributed by atoms with van der Waals surface area (Å²) in [5.41, 5.74) is 5.03. The Bertz CT molecular complexity index is 932. The van der Waals surface area contributed by atoms with E-state index in [1.165, 1.54) is 5.56 Å². The molecule has 0 aliphatic heterocycles. The number of anilines is 1. The Hall–Kier alpha value is -2.31. The molecule has 0 aliphatic carbocycles. The SMILES string of the molecule is C=S(N)(=O)c1ccc(OC)c(NC(C)=Nc2c(C)ccc(C)c2C)c1. The third kappa shape index (κ3) is 4.41. The van der Waals surface area contributed by atoms with Gasteiger partial charge in [0.15, 0.2) is 0 Å². The number of amidine groups is 1. The monoisotopic (exact) mass is 359 g/mol. The van der Waals surface area contributed by atoms with Gasteiger partial charge in [0.2, 0.25) is 0 Å². The number of benzene rings is 2. The first-order valence-corrected chi connectivity index (χ1v) is 9.64. The van der Waals surface area contributed by atoms with Gasteiger partial charge in [0.05, 0.1) is 28.2 Å². The van der Waals surface area contributed by atoms with Crippen molar-refractivity contribution in [1.82, 2.24) is 0 Å². The molecule has 5 nitrogen and oxygen atoms in total. The number of hydrogen-bond acceptors (Lipinski definition) is 3. The Kier molecular flexibility index (Phi) is 5.55. The largest absolute Gasteiger partial charge is 0.495 e. The zero-order chi connectivity index (χ0) is 18.8. The van der Waals surface area contributed by atoms with Crippen molar-refractivity contribution in [3.05, 3.63) is 47.0 Å². The second-order valence-electron chi connectivity index (χ2n) is 6.08. The van der Waals surface area contributed by atoms with Crippen LogP contribution in [-0.2, 0) is 9.71 Å². The molecular formula is C19H25N3O2S. The number of hydrogen-bond donors (Lipinski definition) is 2. The highest BCUT2D eigenvalue weighted by atomic mass is 32.2. The highest BCUT2D eigenvalue weighted by Gasteiger charge is 2.10. The first-order chi connectivity index (χ1) is 11.6. The van der Waals surface area contributed by atoms with E-state index < -0.39 is 9.71 Å². The average Bonchev–Trinajstić information content (AvgIpc) is 2.54. The summed E-state index contributed by atoms with van der Waals surface area (Å²) in [5.74, 6) is 4.83. The minimum atomic E-state index is -2.80. The molecule has 1 atom stereocenters. The van der Waals surface area contributed by atoms with E-state index in [0.29, 0.717) is 22.2 Å². The fourth-order valence-electron chi connectivity index (χ4n) is 2.50. The van der Waals surface area contributed by atoms with Crippen LogP contribution in [0.15, 0.2) is 40.2 Å². The lowest BCUT2D eigenvalue weighted by molar-refractivity contribution is 0.416. The van der Waals surface area contributed by atoms with Gasteiger partial charge in [0.25, 0.3) is 0 Å². The van der Waals surface area contributed by atoms with Crippen molar-refractivity contribution in [3.63, 3.8) is 0 Å². The topological polar surface area (TPSA) is 76.7 Å². The van der Waals surface area contributed by atoms with Gasteiger partial charge >= 0.3 is 0 Å². The van der Waals surface area contributed by atoms with Gasteiger partial charge in [0.1, 0.15) is 11.6 Å².